The minimum Gasteiger partial charge on any atom is -0.507 e. The molecule has 9 heteroatoms. The monoisotopic (exact) mass is 487 g/mol. The molecule has 1 amide bonds. The van der Waals surface area contributed by atoms with E-state index in [0.717, 1.165) is 0 Å². The first kappa shape index (κ1) is 23.0. The molecule has 0 radical (unpaired) electrons. The maximum absolute atomic E-state index is 13.4. The van der Waals surface area contributed by atoms with Gasteiger partial charge in [-0.3, -0.25) is 14.5 Å². The van der Waals surface area contributed by atoms with Gasteiger partial charge in [-0.05, 0) is 42.5 Å². The maximum atomic E-state index is 13.4. The summed E-state index contributed by atoms with van der Waals surface area (Å²) in [5, 5.41) is 11.3. The van der Waals surface area contributed by atoms with Crippen molar-refractivity contribution in [2.75, 3.05) is 25.9 Å². The standard InChI is InChI=1S/C27H21NO8/c1-33-19-9-4-3-8-18(19)23-22(24(29)15-10-11-20-21(13-15)36-14-35-20)25(30)26(31)28(23)17-7-5-6-16(12-17)27(32)34-2/h3-13,23,29H,14H2,1-2H3/b24-22+. The Balaban J connectivity index is 1.73. The highest BCUT2D eigenvalue weighted by Crippen LogP contribution is 2.45. The van der Waals surface area contributed by atoms with E-state index in [9.17, 15) is 19.5 Å². The number of hydrogen-bond donors (Lipinski definition) is 1. The van der Waals surface area contributed by atoms with Crippen LogP contribution in [0.4, 0.5) is 5.69 Å². The number of aliphatic hydroxyl groups excluding tert-OH is 1. The van der Waals surface area contributed by atoms with Crippen molar-refractivity contribution >= 4 is 29.1 Å². The summed E-state index contributed by atoms with van der Waals surface area (Å²) in [7, 11) is 2.72. The Labute approximate surface area is 206 Å². The summed E-state index contributed by atoms with van der Waals surface area (Å²) in [6.45, 7) is 0.0433. The van der Waals surface area contributed by atoms with E-state index in [4.69, 9.17) is 18.9 Å². The molecule has 1 unspecified atom stereocenters. The van der Waals surface area contributed by atoms with Crippen molar-refractivity contribution < 1.29 is 38.4 Å². The van der Waals surface area contributed by atoms with E-state index in [2.05, 4.69) is 0 Å². The SMILES string of the molecule is COC(=O)c1cccc(N2C(=O)C(=O)/C(=C(/O)c3ccc4c(c3)OCO4)C2c2ccccc2OC)c1. The van der Waals surface area contributed by atoms with Crippen LogP contribution in [0.25, 0.3) is 5.76 Å². The Morgan fingerprint density at radius 3 is 2.50 bits per heavy atom. The third kappa shape index (κ3) is 3.70. The Morgan fingerprint density at radius 2 is 1.72 bits per heavy atom. The van der Waals surface area contributed by atoms with E-state index in [1.165, 1.54) is 31.3 Å². The third-order valence-electron chi connectivity index (χ3n) is 6.07. The topological polar surface area (TPSA) is 112 Å². The summed E-state index contributed by atoms with van der Waals surface area (Å²) in [5.41, 5.74) is 1.10. The molecule has 0 aromatic heterocycles. The van der Waals surface area contributed by atoms with Crippen molar-refractivity contribution in [3.8, 4) is 17.2 Å². The zero-order valence-electron chi connectivity index (χ0n) is 19.4. The zero-order chi connectivity index (χ0) is 25.4. The van der Waals surface area contributed by atoms with Crippen molar-refractivity contribution in [2.45, 2.75) is 6.04 Å². The number of hydrogen-bond acceptors (Lipinski definition) is 8. The van der Waals surface area contributed by atoms with E-state index in [1.807, 2.05) is 0 Å². The molecule has 2 aliphatic heterocycles. The molecule has 3 aromatic rings. The van der Waals surface area contributed by atoms with Crippen LogP contribution in [0.15, 0.2) is 72.3 Å². The highest BCUT2D eigenvalue weighted by molar-refractivity contribution is 6.51. The molecule has 182 valence electrons. The quantitative estimate of drug-likeness (QED) is 0.250. The largest absolute Gasteiger partial charge is 0.507 e. The Bertz CT molecular complexity index is 1430. The van der Waals surface area contributed by atoms with Crippen molar-refractivity contribution in [2.24, 2.45) is 0 Å². The minimum atomic E-state index is -1.04. The van der Waals surface area contributed by atoms with Gasteiger partial charge in [-0.1, -0.05) is 24.3 Å². The Kier molecular flexibility index (Phi) is 5.81. The molecule has 0 bridgehead atoms. The molecular weight excluding hydrogens is 466 g/mol. The summed E-state index contributed by atoms with van der Waals surface area (Å²) in [5.74, 6) is -1.40. The van der Waals surface area contributed by atoms with E-state index in [1.54, 1.807) is 54.6 Å². The number of methoxy groups -OCH3 is 2. The van der Waals surface area contributed by atoms with Gasteiger partial charge in [0.25, 0.3) is 11.7 Å². The predicted octanol–water partition coefficient (Wildman–Crippen LogP) is 3.84. The molecular formula is C27H21NO8. The van der Waals surface area contributed by atoms with Crippen LogP contribution in [-0.4, -0.2) is 43.8 Å². The summed E-state index contributed by atoms with van der Waals surface area (Å²) in [4.78, 5) is 40.2. The van der Waals surface area contributed by atoms with E-state index in [-0.39, 0.29) is 34.9 Å². The molecule has 0 spiro atoms. The van der Waals surface area contributed by atoms with Crippen LogP contribution in [0, 0.1) is 0 Å². The van der Waals surface area contributed by atoms with Gasteiger partial charge in [0, 0.05) is 16.8 Å². The number of rotatable bonds is 5. The van der Waals surface area contributed by atoms with Gasteiger partial charge in [-0.15, -0.1) is 0 Å². The molecule has 3 aromatic carbocycles. The minimum absolute atomic E-state index is 0.0433. The second kappa shape index (κ2) is 9.10. The lowest BCUT2D eigenvalue weighted by Gasteiger charge is -2.27. The molecule has 1 atom stereocenters. The molecule has 0 saturated carbocycles. The molecule has 1 fully saturated rings. The molecule has 1 saturated heterocycles. The van der Waals surface area contributed by atoms with Gasteiger partial charge in [0.2, 0.25) is 6.79 Å². The number of benzene rings is 3. The number of ether oxygens (including phenoxy) is 4. The van der Waals surface area contributed by atoms with Crippen LogP contribution in [0.5, 0.6) is 17.2 Å². The van der Waals surface area contributed by atoms with Gasteiger partial charge in [0.05, 0.1) is 31.4 Å². The normalized spacial score (nSPS) is 17.8. The zero-order valence-corrected chi connectivity index (χ0v) is 19.4. The smallest absolute Gasteiger partial charge is 0.337 e. The summed E-state index contributed by atoms with van der Waals surface area (Å²) in [6, 6.07) is 16.8. The maximum Gasteiger partial charge on any atom is 0.337 e. The number of amides is 1. The lowest BCUT2D eigenvalue weighted by molar-refractivity contribution is -0.132. The number of anilines is 1. The fourth-order valence-corrected chi connectivity index (χ4v) is 4.39. The first-order valence-electron chi connectivity index (χ1n) is 11.0. The van der Waals surface area contributed by atoms with E-state index < -0.39 is 23.7 Å². The van der Waals surface area contributed by atoms with Gasteiger partial charge in [0.1, 0.15) is 11.5 Å². The molecule has 0 aliphatic carbocycles. The highest BCUT2D eigenvalue weighted by atomic mass is 16.7. The number of carbonyl (C=O) groups is 3. The Hall–Kier alpha value is -4.79. The van der Waals surface area contributed by atoms with Gasteiger partial charge in [-0.2, -0.15) is 0 Å². The number of esters is 1. The molecule has 2 heterocycles. The van der Waals surface area contributed by atoms with Crippen LogP contribution in [0.3, 0.4) is 0 Å². The highest BCUT2D eigenvalue weighted by Gasteiger charge is 2.48. The van der Waals surface area contributed by atoms with Crippen molar-refractivity contribution in [3.05, 3.63) is 89.0 Å². The molecule has 36 heavy (non-hydrogen) atoms. The van der Waals surface area contributed by atoms with Crippen molar-refractivity contribution in [1.82, 2.24) is 0 Å². The molecule has 5 rings (SSSR count). The number of nitrogens with zero attached hydrogens (tertiary/aromatic N) is 1. The first-order chi connectivity index (χ1) is 17.4. The fourth-order valence-electron chi connectivity index (χ4n) is 4.39. The van der Waals surface area contributed by atoms with Crippen LogP contribution in [0.2, 0.25) is 0 Å². The van der Waals surface area contributed by atoms with Gasteiger partial charge < -0.3 is 24.1 Å². The second-order valence-electron chi connectivity index (χ2n) is 8.02. The third-order valence-corrected chi connectivity index (χ3v) is 6.07. The number of ketones is 1. The number of aliphatic hydroxyl groups is 1. The number of carbonyl (C=O) groups excluding carboxylic acids is 3. The van der Waals surface area contributed by atoms with Gasteiger partial charge in [-0.25, -0.2) is 4.79 Å². The summed E-state index contributed by atoms with van der Waals surface area (Å²) < 4.78 is 21.1. The predicted molar refractivity (Wildman–Crippen MR) is 128 cm³/mol. The Morgan fingerprint density at radius 1 is 0.944 bits per heavy atom. The van der Waals surface area contributed by atoms with E-state index >= 15 is 0 Å². The van der Waals surface area contributed by atoms with Crippen molar-refractivity contribution in [3.63, 3.8) is 0 Å². The summed E-state index contributed by atoms with van der Waals surface area (Å²) in [6.07, 6.45) is 0. The molecule has 2 aliphatic rings. The van der Waals surface area contributed by atoms with Crippen molar-refractivity contribution in [1.29, 1.82) is 0 Å². The number of Topliss-reactive ketones (excluding diaryl/α,β-unsaturated/α-hetero) is 1. The summed E-state index contributed by atoms with van der Waals surface area (Å²) >= 11 is 0. The van der Waals surface area contributed by atoms with Crippen LogP contribution in [0.1, 0.15) is 27.5 Å². The van der Waals surface area contributed by atoms with Gasteiger partial charge in [0.15, 0.2) is 11.5 Å². The van der Waals surface area contributed by atoms with Crippen LogP contribution >= 0.6 is 0 Å². The van der Waals surface area contributed by atoms with Crippen LogP contribution < -0.4 is 19.1 Å². The fraction of sp³-hybridized carbons (Fsp3) is 0.148. The average Bonchev–Trinajstić information content (AvgIpc) is 3.49. The van der Waals surface area contributed by atoms with E-state index in [0.29, 0.717) is 22.8 Å². The number of fused-ring (bicyclic) bond motifs is 1. The second-order valence-corrected chi connectivity index (χ2v) is 8.02. The average molecular weight is 487 g/mol. The number of para-hydroxylation sites is 1. The lowest BCUT2D eigenvalue weighted by Crippen LogP contribution is -2.29. The molecule has 9 nitrogen and oxygen atoms in total. The first-order valence-corrected chi connectivity index (χ1v) is 11.0. The van der Waals surface area contributed by atoms with Gasteiger partial charge >= 0.3 is 5.97 Å². The molecule has 1 N–H and O–H groups in total. The van der Waals surface area contributed by atoms with Crippen LogP contribution in [-0.2, 0) is 14.3 Å². The lowest BCUT2D eigenvalue weighted by atomic mass is 9.94.